The van der Waals surface area contributed by atoms with Crippen LogP contribution in [-0.2, 0) is 13.0 Å². The van der Waals surface area contributed by atoms with Gasteiger partial charge in [-0.1, -0.05) is 13.0 Å². The Morgan fingerprint density at radius 2 is 2.14 bits per heavy atom. The van der Waals surface area contributed by atoms with E-state index in [4.69, 9.17) is 0 Å². The molecule has 1 heterocycles. The Morgan fingerprint density at radius 3 is 2.79 bits per heavy atom. The maximum atomic E-state index is 4.66. The molecule has 1 aromatic heterocycles. The molecule has 3 heteroatoms. The number of hydrogen-bond acceptors (Lipinski definition) is 1. The van der Waals surface area contributed by atoms with Gasteiger partial charge in [0.15, 0.2) is 0 Å². The second-order valence-electron chi connectivity index (χ2n) is 3.23. The van der Waals surface area contributed by atoms with Crippen LogP contribution in [-0.4, -0.2) is 9.55 Å². The van der Waals surface area contributed by atoms with Gasteiger partial charge in [-0.3, -0.25) is 0 Å². The first kappa shape index (κ1) is 9.96. The molecule has 0 amide bonds. The third-order valence-corrected chi connectivity index (χ3v) is 3.31. The second kappa shape index (κ2) is 3.88. The van der Waals surface area contributed by atoms with Gasteiger partial charge in [0, 0.05) is 16.5 Å². The highest BCUT2D eigenvalue weighted by Crippen LogP contribution is 2.21. The quantitative estimate of drug-likeness (QED) is 0.779. The highest BCUT2D eigenvalue weighted by Gasteiger charge is 2.09. The average Bonchev–Trinajstić information content (AvgIpc) is 2.57. The van der Waals surface area contributed by atoms with E-state index in [1.54, 1.807) is 0 Å². The number of hydrogen-bond donors (Lipinski definition) is 0. The third-order valence-electron chi connectivity index (χ3n) is 2.44. The summed E-state index contributed by atoms with van der Waals surface area (Å²) >= 11 is 2.34. The van der Waals surface area contributed by atoms with Crippen LogP contribution in [0.25, 0.3) is 11.0 Å². The summed E-state index contributed by atoms with van der Waals surface area (Å²) in [6.07, 6.45) is 0.999. The van der Waals surface area contributed by atoms with Crippen molar-refractivity contribution in [2.45, 2.75) is 26.8 Å². The summed E-state index contributed by atoms with van der Waals surface area (Å²) in [5.74, 6) is 1.19. The molecule has 0 aliphatic heterocycles. The minimum Gasteiger partial charge on any atom is -0.328 e. The average molecular weight is 300 g/mol. The van der Waals surface area contributed by atoms with Crippen LogP contribution in [0, 0.1) is 3.57 Å². The van der Waals surface area contributed by atoms with Crippen LogP contribution in [0.15, 0.2) is 18.2 Å². The van der Waals surface area contributed by atoms with E-state index in [2.05, 4.69) is 64.2 Å². The Hall–Kier alpha value is -0.580. The van der Waals surface area contributed by atoms with Crippen LogP contribution >= 0.6 is 22.6 Å². The van der Waals surface area contributed by atoms with Crippen LogP contribution in [0.4, 0.5) is 0 Å². The molecule has 0 bridgehead atoms. The number of para-hydroxylation sites is 1. The summed E-state index contributed by atoms with van der Waals surface area (Å²) in [6, 6.07) is 6.35. The van der Waals surface area contributed by atoms with Gasteiger partial charge < -0.3 is 4.57 Å². The standard InChI is InChI=1S/C11H13IN2/c1-3-10-13-11-8(12)6-5-7-9(11)14(10)4-2/h5-7H,3-4H2,1-2H3. The lowest BCUT2D eigenvalue weighted by Gasteiger charge is -2.02. The van der Waals surface area contributed by atoms with Gasteiger partial charge >= 0.3 is 0 Å². The highest BCUT2D eigenvalue weighted by molar-refractivity contribution is 14.1. The maximum Gasteiger partial charge on any atom is 0.109 e. The molecule has 2 nitrogen and oxygen atoms in total. The molecular formula is C11H13IN2. The number of aryl methyl sites for hydroxylation is 2. The van der Waals surface area contributed by atoms with Crippen LogP contribution in [0.5, 0.6) is 0 Å². The van der Waals surface area contributed by atoms with Crippen LogP contribution in [0.2, 0.25) is 0 Å². The first-order chi connectivity index (χ1) is 6.77. The van der Waals surface area contributed by atoms with Gasteiger partial charge in [0.25, 0.3) is 0 Å². The molecule has 0 radical (unpaired) electrons. The fourth-order valence-electron chi connectivity index (χ4n) is 1.78. The molecule has 0 spiro atoms. The number of nitrogens with zero attached hydrogens (tertiary/aromatic N) is 2. The van der Waals surface area contributed by atoms with Crippen molar-refractivity contribution in [2.24, 2.45) is 0 Å². The van der Waals surface area contributed by atoms with Gasteiger partial charge in [0.2, 0.25) is 0 Å². The molecule has 0 atom stereocenters. The molecule has 0 N–H and O–H groups in total. The summed E-state index contributed by atoms with van der Waals surface area (Å²) in [6.45, 7) is 5.32. The zero-order valence-corrected chi connectivity index (χ0v) is 10.6. The Bertz CT molecular complexity index is 460. The molecule has 2 rings (SSSR count). The molecule has 2 aromatic rings. The fourth-order valence-corrected chi connectivity index (χ4v) is 2.39. The Morgan fingerprint density at radius 1 is 1.36 bits per heavy atom. The third kappa shape index (κ3) is 1.43. The van der Waals surface area contributed by atoms with Crippen molar-refractivity contribution in [1.82, 2.24) is 9.55 Å². The van der Waals surface area contributed by atoms with Gasteiger partial charge in [-0.2, -0.15) is 0 Å². The van der Waals surface area contributed by atoms with Crippen molar-refractivity contribution in [3.63, 3.8) is 0 Å². The van der Waals surface area contributed by atoms with E-state index in [0.717, 1.165) is 18.5 Å². The lowest BCUT2D eigenvalue weighted by molar-refractivity contribution is 0.726. The lowest BCUT2D eigenvalue weighted by Crippen LogP contribution is -1.99. The predicted octanol–water partition coefficient (Wildman–Crippen LogP) is 3.22. The number of benzene rings is 1. The highest BCUT2D eigenvalue weighted by atomic mass is 127. The summed E-state index contributed by atoms with van der Waals surface area (Å²) in [4.78, 5) is 4.66. The number of aromatic nitrogens is 2. The molecule has 0 unspecified atom stereocenters. The second-order valence-corrected chi connectivity index (χ2v) is 4.40. The molecule has 74 valence electrons. The zero-order valence-electron chi connectivity index (χ0n) is 8.42. The minimum atomic E-state index is 0.999. The van der Waals surface area contributed by atoms with Gasteiger partial charge in [-0.25, -0.2) is 4.98 Å². The number of halogens is 1. The Balaban J connectivity index is 2.79. The number of imidazole rings is 1. The normalized spacial score (nSPS) is 11.1. The van der Waals surface area contributed by atoms with E-state index in [9.17, 15) is 0 Å². The molecule has 1 aromatic carbocycles. The van der Waals surface area contributed by atoms with Crippen molar-refractivity contribution < 1.29 is 0 Å². The van der Waals surface area contributed by atoms with Crippen molar-refractivity contribution in [2.75, 3.05) is 0 Å². The summed E-state index contributed by atoms with van der Waals surface area (Å²) in [5, 5.41) is 0. The summed E-state index contributed by atoms with van der Waals surface area (Å²) in [7, 11) is 0. The summed E-state index contributed by atoms with van der Waals surface area (Å²) < 4.78 is 3.53. The topological polar surface area (TPSA) is 17.8 Å². The Kier molecular flexibility index (Phi) is 2.76. The summed E-state index contributed by atoms with van der Waals surface area (Å²) in [5.41, 5.74) is 2.41. The van der Waals surface area contributed by atoms with E-state index < -0.39 is 0 Å². The van der Waals surface area contributed by atoms with Crippen molar-refractivity contribution in [3.8, 4) is 0 Å². The van der Waals surface area contributed by atoms with E-state index >= 15 is 0 Å². The SMILES string of the molecule is CCc1nc2c(I)cccc2n1CC. The van der Waals surface area contributed by atoms with Crippen molar-refractivity contribution in [3.05, 3.63) is 27.6 Å². The van der Waals surface area contributed by atoms with Gasteiger partial charge in [0.1, 0.15) is 11.3 Å². The van der Waals surface area contributed by atoms with Crippen molar-refractivity contribution in [1.29, 1.82) is 0 Å². The molecule has 0 fully saturated rings. The molecule has 0 saturated heterocycles. The number of rotatable bonds is 2. The van der Waals surface area contributed by atoms with E-state index in [1.165, 1.54) is 14.9 Å². The monoisotopic (exact) mass is 300 g/mol. The van der Waals surface area contributed by atoms with E-state index in [-0.39, 0.29) is 0 Å². The largest absolute Gasteiger partial charge is 0.328 e. The maximum absolute atomic E-state index is 4.66. The first-order valence-electron chi connectivity index (χ1n) is 4.91. The fraction of sp³-hybridized carbons (Fsp3) is 0.364. The van der Waals surface area contributed by atoms with E-state index in [1.807, 2.05) is 0 Å². The van der Waals surface area contributed by atoms with Crippen LogP contribution < -0.4 is 0 Å². The molecule has 14 heavy (non-hydrogen) atoms. The molecular weight excluding hydrogens is 287 g/mol. The molecule has 0 saturated carbocycles. The van der Waals surface area contributed by atoms with E-state index in [0.29, 0.717) is 0 Å². The Labute approximate surface area is 97.5 Å². The lowest BCUT2D eigenvalue weighted by atomic mass is 10.3. The van der Waals surface area contributed by atoms with Crippen LogP contribution in [0.3, 0.4) is 0 Å². The molecule has 0 aliphatic carbocycles. The molecule has 0 aliphatic rings. The van der Waals surface area contributed by atoms with Gasteiger partial charge in [0.05, 0.1) is 5.52 Å². The van der Waals surface area contributed by atoms with Gasteiger partial charge in [-0.05, 0) is 41.6 Å². The smallest absolute Gasteiger partial charge is 0.109 e. The van der Waals surface area contributed by atoms with Crippen LogP contribution in [0.1, 0.15) is 19.7 Å². The van der Waals surface area contributed by atoms with Gasteiger partial charge in [-0.15, -0.1) is 0 Å². The predicted molar refractivity (Wildman–Crippen MR) is 67.5 cm³/mol. The number of fused-ring (bicyclic) bond motifs is 1. The first-order valence-corrected chi connectivity index (χ1v) is 5.99. The zero-order chi connectivity index (χ0) is 10.1. The minimum absolute atomic E-state index is 0.999. The van der Waals surface area contributed by atoms with Crippen molar-refractivity contribution >= 4 is 33.6 Å².